The fraction of sp³-hybridized carbons (Fsp3) is 0.250. The molecule has 0 spiro atoms. The van der Waals surface area contributed by atoms with E-state index in [4.69, 9.17) is 0 Å². The third-order valence-electron chi connectivity index (χ3n) is 4.89. The number of amides is 1. The molecule has 0 aliphatic rings. The largest absolute Gasteiger partial charge is 0.366 e. The number of carbonyl (C=O) groups is 1. The number of nitrogens with zero attached hydrogens (tertiary/aromatic N) is 6. The lowest BCUT2D eigenvalue weighted by atomic mass is 10.1. The molecular formula is C20H21N7O2. The topological polar surface area (TPSA) is 101 Å². The number of carbonyl (C=O) groups excluding carboxylic acids is 1. The number of hydrogen-bond donors (Lipinski definition) is 1. The summed E-state index contributed by atoms with van der Waals surface area (Å²) >= 11 is 0. The molecule has 1 amide bonds. The molecule has 0 aliphatic heterocycles. The van der Waals surface area contributed by atoms with Crippen LogP contribution < -0.4 is 5.56 Å². The molecule has 3 heterocycles. The first-order chi connectivity index (χ1) is 13.9. The molecule has 3 aromatic heterocycles. The van der Waals surface area contributed by atoms with Crippen molar-refractivity contribution >= 4 is 28.3 Å². The van der Waals surface area contributed by atoms with Gasteiger partial charge in [0.25, 0.3) is 11.5 Å². The van der Waals surface area contributed by atoms with E-state index in [9.17, 15) is 9.59 Å². The van der Waals surface area contributed by atoms with Crippen LogP contribution in [0, 0.1) is 0 Å². The van der Waals surface area contributed by atoms with Crippen molar-refractivity contribution in [2.75, 3.05) is 14.1 Å². The van der Waals surface area contributed by atoms with Crippen LogP contribution in [0.15, 0.2) is 46.4 Å². The average Bonchev–Trinajstić information content (AvgIpc) is 3.31. The summed E-state index contributed by atoms with van der Waals surface area (Å²) in [5.41, 5.74) is 2.66. The van der Waals surface area contributed by atoms with Crippen molar-refractivity contribution in [2.45, 2.75) is 20.4 Å². The highest BCUT2D eigenvalue weighted by Gasteiger charge is 2.16. The number of H-pyrrole nitrogens is 1. The van der Waals surface area contributed by atoms with Crippen molar-refractivity contribution in [1.82, 2.24) is 29.3 Å². The molecule has 0 saturated heterocycles. The van der Waals surface area contributed by atoms with Crippen molar-refractivity contribution in [3.63, 3.8) is 0 Å². The Hall–Kier alpha value is -3.75. The highest BCUT2D eigenvalue weighted by atomic mass is 16.1. The number of aliphatic imine (C=N–C) groups is 1. The zero-order valence-electron chi connectivity index (χ0n) is 16.7. The Morgan fingerprint density at radius 3 is 2.72 bits per heavy atom. The van der Waals surface area contributed by atoms with Crippen molar-refractivity contribution < 1.29 is 4.79 Å². The smallest absolute Gasteiger partial charge is 0.284 e. The first-order valence-corrected chi connectivity index (χ1v) is 9.23. The highest BCUT2D eigenvalue weighted by Crippen LogP contribution is 2.23. The molecule has 4 aromatic rings. The van der Waals surface area contributed by atoms with Crippen LogP contribution >= 0.6 is 0 Å². The second kappa shape index (κ2) is 7.01. The van der Waals surface area contributed by atoms with Gasteiger partial charge in [0.15, 0.2) is 5.65 Å². The van der Waals surface area contributed by atoms with Gasteiger partial charge in [0.1, 0.15) is 11.4 Å². The highest BCUT2D eigenvalue weighted by molar-refractivity contribution is 6.06. The molecule has 0 bridgehead atoms. The lowest BCUT2D eigenvalue weighted by Gasteiger charge is -2.10. The van der Waals surface area contributed by atoms with E-state index in [1.165, 1.54) is 16.8 Å². The molecule has 148 valence electrons. The summed E-state index contributed by atoms with van der Waals surface area (Å²) < 4.78 is 3.08. The zero-order chi connectivity index (χ0) is 20.7. The summed E-state index contributed by atoms with van der Waals surface area (Å²) in [4.78, 5) is 34.1. The Bertz CT molecular complexity index is 1320. The summed E-state index contributed by atoms with van der Waals surface area (Å²) in [5.74, 6) is 0.102. The fourth-order valence-electron chi connectivity index (χ4n) is 3.11. The van der Waals surface area contributed by atoms with Crippen molar-refractivity contribution in [3.05, 3.63) is 52.6 Å². The van der Waals surface area contributed by atoms with Crippen LogP contribution in [-0.4, -0.2) is 55.1 Å². The van der Waals surface area contributed by atoms with E-state index in [0.29, 0.717) is 17.2 Å². The van der Waals surface area contributed by atoms with Gasteiger partial charge in [0.2, 0.25) is 0 Å². The number of benzene rings is 1. The molecule has 0 saturated carbocycles. The Morgan fingerprint density at radius 2 is 2.00 bits per heavy atom. The molecule has 0 aliphatic carbocycles. The van der Waals surface area contributed by atoms with Crippen LogP contribution in [0.1, 0.15) is 24.2 Å². The Morgan fingerprint density at radius 1 is 1.21 bits per heavy atom. The van der Waals surface area contributed by atoms with E-state index in [1.807, 2.05) is 29.8 Å². The minimum atomic E-state index is -0.460. The molecule has 0 atom stereocenters. The van der Waals surface area contributed by atoms with Gasteiger partial charge in [0.05, 0.1) is 23.6 Å². The van der Waals surface area contributed by atoms with Gasteiger partial charge < -0.3 is 9.88 Å². The molecule has 29 heavy (non-hydrogen) atoms. The maximum Gasteiger partial charge on any atom is 0.284 e. The van der Waals surface area contributed by atoms with Crippen LogP contribution in [0.25, 0.3) is 27.8 Å². The van der Waals surface area contributed by atoms with Gasteiger partial charge in [-0.2, -0.15) is 19.7 Å². The molecular weight excluding hydrogens is 370 g/mol. The van der Waals surface area contributed by atoms with E-state index >= 15 is 0 Å². The number of hydrogen-bond acceptors (Lipinski definition) is 4. The molecule has 1 aromatic carbocycles. The minimum Gasteiger partial charge on any atom is -0.366 e. The normalized spacial score (nSPS) is 12.1. The first kappa shape index (κ1) is 18.6. The number of aromatic amines is 1. The fourth-order valence-corrected chi connectivity index (χ4v) is 3.11. The SMILES string of the molecule is CCn1ncc2cc(-c3cc(=O)n4ncc(C(=O)/N=C(/C)N(C)C)c4[nH]3)ccc21. The van der Waals surface area contributed by atoms with Crippen molar-refractivity contribution in [1.29, 1.82) is 0 Å². The van der Waals surface area contributed by atoms with Crippen LogP contribution in [-0.2, 0) is 6.54 Å². The molecule has 9 heteroatoms. The van der Waals surface area contributed by atoms with E-state index in [0.717, 1.165) is 23.0 Å². The van der Waals surface area contributed by atoms with Gasteiger partial charge in [-0.1, -0.05) is 6.07 Å². The Kier molecular flexibility index (Phi) is 4.50. The number of aromatic nitrogens is 5. The van der Waals surface area contributed by atoms with E-state index in [1.54, 1.807) is 32.1 Å². The van der Waals surface area contributed by atoms with Gasteiger partial charge in [0, 0.05) is 32.1 Å². The Balaban J connectivity index is 1.84. The molecule has 0 fully saturated rings. The number of rotatable bonds is 3. The van der Waals surface area contributed by atoms with Crippen molar-refractivity contribution in [2.24, 2.45) is 4.99 Å². The number of fused-ring (bicyclic) bond motifs is 2. The first-order valence-electron chi connectivity index (χ1n) is 9.23. The quantitative estimate of drug-likeness (QED) is 0.426. The number of aryl methyl sites for hydroxylation is 1. The zero-order valence-corrected chi connectivity index (χ0v) is 16.7. The second-order valence-electron chi connectivity index (χ2n) is 6.93. The average molecular weight is 391 g/mol. The van der Waals surface area contributed by atoms with Crippen LogP contribution in [0.5, 0.6) is 0 Å². The van der Waals surface area contributed by atoms with E-state index < -0.39 is 5.91 Å². The monoisotopic (exact) mass is 391 g/mol. The van der Waals surface area contributed by atoms with Crippen LogP contribution in [0.3, 0.4) is 0 Å². The third kappa shape index (κ3) is 3.20. The third-order valence-corrected chi connectivity index (χ3v) is 4.89. The predicted molar refractivity (Wildman–Crippen MR) is 111 cm³/mol. The summed E-state index contributed by atoms with van der Waals surface area (Å²) in [7, 11) is 3.61. The molecule has 4 rings (SSSR count). The minimum absolute atomic E-state index is 0.241. The maximum atomic E-state index is 12.6. The molecule has 1 N–H and O–H groups in total. The number of nitrogens with one attached hydrogen (secondary N) is 1. The number of amidine groups is 1. The lowest BCUT2D eigenvalue weighted by Crippen LogP contribution is -2.20. The standard InChI is InChI=1S/C20H21N7O2/c1-5-26-17-7-6-13(8-14(17)10-21-26)16-9-18(28)27-19(24-16)15(11-22-27)20(29)23-12(2)25(3)4/h6-11,24H,5H2,1-4H3/b23-12-. The molecule has 0 radical (unpaired) electrons. The predicted octanol–water partition coefficient (Wildman–Crippen LogP) is 2.18. The van der Waals surface area contributed by atoms with E-state index in [2.05, 4.69) is 20.2 Å². The van der Waals surface area contributed by atoms with E-state index in [-0.39, 0.29) is 11.1 Å². The van der Waals surface area contributed by atoms with Crippen LogP contribution in [0.4, 0.5) is 0 Å². The summed E-state index contributed by atoms with van der Waals surface area (Å²) in [6.07, 6.45) is 3.16. The Labute approximate surface area is 166 Å². The summed E-state index contributed by atoms with van der Waals surface area (Å²) in [6, 6.07) is 7.32. The van der Waals surface area contributed by atoms with Gasteiger partial charge in [-0.3, -0.25) is 14.3 Å². The molecule has 0 unspecified atom stereocenters. The van der Waals surface area contributed by atoms with Gasteiger partial charge in [-0.05, 0) is 31.5 Å². The van der Waals surface area contributed by atoms with Gasteiger partial charge in [-0.15, -0.1) is 0 Å². The van der Waals surface area contributed by atoms with Crippen LogP contribution in [0.2, 0.25) is 0 Å². The van der Waals surface area contributed by atoms with Crippen molar-refractivity contribution in [3.8, 4) is 11.3 Å². The second-order valence-corrected chi connectivity index (χ2v) is 6.93. The van der Waals surface area contributed by atoms with Gasteiger partial charge >= 0.3 is 0 Å². The summed E-state index contributed by atoms with van der Waals surface area (Å²) in [5, 5.41) is 9.37. The lowest BCUT2D eigenvalue weighted by molar-refractivity contribution is 0.100. The summed E-state index contributed by atoms with van der Waals surface area (Å²) in [6.45, 7) is 4.55. The molecule has 9 nitrogen and oxygen atoms in total. The van der Waals surface area contributed by atoms with Gasteiger partial charge in [-0.25, -0.2) is 0 Å². The maximum absolute atomic E-state index is 12.6.